The van der Waals surface area contributed by atoms with Crippen molar-refractivity contribution >= 4 is 40.4 Å². The van der Waals surface area contributed by atoms with E-state index in [1.165, 1.54) is 11.3 Å². The van der Waals surface area contributed by atoms with Crippen LogP contribution in [-0.4, -0.2) is 23.9 Å². The first-order valence-corrected chi connectivity index (χ1v) is 8.49. The van der Waals surface area contributed by atoms with Crippen LogP contribution in [0, 0.1) is 0 Å². The Kier molecular flexibility index (Phi) is 6.26. The van der Waals surface area contributed by atoms with Crippen LogP contribution in [-0.2, 0) is 17.9 Å². The molecular weight excluding hydrogens is 339 g/mol. The second-order valence-electron chi connectivity index (χ2n) is 5.14. The van der Waals surface area contributed by atoms with Gasteiger partial charge in [-0.1, -0.05) is 35.3 Å². The summed E-state index contributed by atoms with van der Waals surface area (Å²) in [5, 5.41) is 3.64. The molecule has 1 aromatic heterocycles. The molecule has 118 valence electrons. The number of carbonyl (C=O) groups excluding carboxylic acids is 1. The summed E-state index contributed by atoms with van der Waals surface area (Å²) in [5.41, 5.74) is 1.03. The van der Waals surface area contributed by atoms with Gasteiger partial charge < -0.3 is 5.32 Å². The molecule has 0 aliphatic rings. The molecule has 0 saturated heterocycles. The van der Waals surface area contributed by atoms with Crippen molar-refractivity contribution in [1.82, 2.24) is 10.2 Å². The first kappa shape index (κ1) is 17.3. The van der Waals surface area contributed by atoms with Gasteiger partial charge in [-0.15, -0.1) is 11.3 Å². The molecule has 1 amide bonds. The van der Waals surface area contributed by atoms with E-state index in [2.05, 4.69) is 5.32 Å². The van der Waals surface area contributed by atoms with Crippen molar-refractivity contribution < 1.29 is 4.79 Å². The van der Waals surface area contributed by atoms with Crippen LogP contribution in [0.15, 0.2) is 36.4 Å². The van der Waals surface area contributed by atoms with Gasteiger partial charge in [-0.25, -0.2) is 0 Å². The third kappa shape index (κ3) is 4.99. The van der Waals surface area contributed by atoms with Gasteiger partial charge in [-0.2, -0.15) is 0 Å². The Labute approximate surface area is 144 Å². The topological polar surface area (TPSA) is 32.3 Å². The monoisotopic (exact) mass is 356 g/mol. The Balaban J connectivity index is 1.84. The number of halogens is 2. The third-order valence-electron chi connectivity index (χ3n) is 3.45. The zero-order valence-corrected chi connectivity index (χ0v) is 14.8. The molecule has 0 bridgehead atoms. The molecule has 22 heavy (non-hydrogen) atoms. The van der Waals surface area contributed by atoms with Crippen LogP contribution in [0.2, 0.25) is 9.36 Å². The van der Waals surface area contributed by atoms with Gasteiger partial charge >= 0.3 is 0 Å². The minimum absolute atomic E-state index is 0.0000954. The molecule has 2 aromatic rings. The summed E-state index contributed by atoms with van der Waals surface area (Å²) >= 11 is 13.3. The predicted octanol–water partition coefficient (Wildman–Crippen LogP) is 4.19. The number of nitrogens with zero attached hydrogens (tertiary/aromatic N) is 1. The van der Waals surface area contributed by atoms with E-state index in [0.29, 0.717) is 18.1 Å². The second kappa shape index (κ2) is 7.97. The van der Waals surface area contributed by atoms with Crippen LogP contribution >= 0.6 is 34.5 Å². The lowest BCUT2D eigenvalue weighted by Crippen LogP contribution is -2.42. The Morgan fingerprint density at radius 1 is 1.23 bits per heavy atom. The number of thiophene rings is 1. The lowest BCUT2D eigenvalue weighted by Gasteiger charge is -2.23. The van der Waals surface area contributed by atoms with Crippen LogP contribution in [0.1, 0.15) is 17.4 Å². The zero-order chi connectivity index (χ0) is 16.1. The Morgan fingerprint density at radius 2 is 1.91 bits per heavy atom. The van der Waals surface area contributed by atoms with Crippen molar-refractivity contribution in [2.24, 2.45) is 0 Å². The highest BCUT2D eigenvalue weighted by molar-refractivity contribution is 7.16. The normalized spacial score (nSPS) is 12.4. The predicted molar refractivity (Wildman–Crippen MR) is 93.6 cm³/mol. The number of carbonyl (C=O) groups is 1. The minimum Gasteiger partial charge on any atom is -0.351 e. The maximum atomic E-state index is 12.2. The van der Waals surface area contributed by atoms with Gasteiger partial charge in [0.2, 0.25) is 5.91 Å². The molecule has 1 unspecified atom stereocenters. The molecule has 0 aliphatic carbocycles. The smallest absolute Gasteiger partial charge is 0.237 e. The first-order valence-electron chi connectivity index (χ1n) is 6.92. The molecule has 1 atom stereocenters. The number of rotatable bonds is 6. The molecule has 0 radical (unpaired) electrons. The highest BCUT2D eigenvalue weighted by atomic mass is 35.5. The molecule has 1 N–H and O–H groups in total. The van der Waals surface area contributed by atoms with E-state index in [-0.39, 0.29) is 11.9 Å². The first-order chi connectivity index (χ1) is 10.5. The molecule has 0 saturated carbocycles. The number of likely N-dealkylation sites (N-methyl/N-ethyl adjacent to an activating group) is 1. The fourth-order valence-corrected chi connectivity index (χ4v) is 3.24. The Bertz CT molecular complexity index is 627. The SMILES string of the molecule is CC(C(=O)NCc1ccc(Cl)cc1)N(C)Cc1ccc(Cl)s1. The summed E-state index contributed by atoms with van der Waals surface area (Å²) < 4.78 is 0.767. The van der Waals surface area contributed by atoms with Gasteiger partial charge in [-0.05, 0) is 43.8 Å². The molecule has 3 nitrogen and oxygen atoms in total. The van der Waals surface area contributed by atoms with Crippen molar-refractivity contribution in [2.75, 3.05) is 7.05 Å². The van der Waals surface area contributed by atoms with Crippen LogP contribution in [0.4, 0.5) is 0 Å². The standard InChI is InChI=1S/C16H18Cl2N2OS/c1-11(20(2)10-14-7-8-15(18)22-14)16(21)19-9-12-3-5-13(17)6-4-12/h3-8,11H,9-10H2,1-2H3,(H,19,21). The van der Waals surface area contributed by atoms with Gasteiger partial charge in [-0.3, -0.25) is 9.69 Å². The quantitative estimate of drug-likeness (QED) is 0.841. The summed E-state index contributed by atoms with van der Waals surface area (Å²) in [6.07, 6.45) is 0. The second-order valence-corrected chi connectivity index (χ2v) is 7.38. The number of amides is 1. The van der Waals surface area contributed by atoms with Crippen LogP contribution in [0.25, 0.3) is 0 Å². The Morgan fingerprint density at radius 3 is 2.50 bits per heavy atom. The van der Waals surface area contributed by atoms with Gasteiger partial charge in [0.1, 0.15) is 0 Å². The van der Waals surface area contributed by atoms with Crippen molar-refractivity contribution in [2.45, 2.75) is 26.1 Å². The fourth-order valence-electron chi connectivity index (χ4n) is 1.96. The van der Waals surface area contributed by atoms with E-state index in [4.69, 9.17) is 23.2 Å². The molecular formula is C16H18Cl2N2OS. The van der Waals surface area contributed by atoms with E-state index in [9.17, 15) is 4.79 Å². The van der Waals surface area contributed by atoms with Gasteiger partial charge in [0.25, 0.3) is 0 Å². The minimum atomic E-state index is -0.215. The maximum Gasteiger partial charge on any atom is 0.237 e. The molecule has 0 aliphatic heterocycles. The molecule has 6 heteroatoms. The Hall–Kier alpha value is -1.07. The molecule has 0 fully saturated rings. The number of benzene rings is 1. The van der Waals surface area contributed by atoms with E-state index >= 15 is 0 Å². The highest BCUT2D eigenvalue weighted by Crippen LogP contribution is 2.22. The van der Waals surface area contributed by atoms with Gasteiger partial charge in [0.15, 0.2) is 0 Å². The summed E-state index contributed by atoms with van der Waals surface area (Å²) in [6.45, 7) is 3.10. The number of nitrogens with one attached hydrogen (secondary N) is 1. The molecule has 0 spiro atoms. The summed E-state index contributed by atoms with van der Waals surface area (Å²) in [6, 6.07) is 11.1. The maximum absolute atomic E-state index is 12.2. The van der Waals surface area contributed by atoms with Crippen molar-refractivity contribution in [3.05, 3.63) is 56.2 Å². The van der Waals surface area contributed by atoms with E-state index < -0.39 is 0 Å². The van der Waals surface area contributed by atoms with E-state index in [0.717, 1.165) is 14.8 Å². The van der Waals surface area contributed by atoms with Gasteiger partial charge in [0, 0.05) is 23.0 Å². The average molecular weight is 357 g/mol. The molecule has 1 aromatic carbocycles. The summed E-state index contributed by atoms with van der Waals surface area (Å²) in [5.74, 6) is 0.0000954. The van der Waals surface area contributed by atoms with Crippen molar-refractivity contribution in [3.8, 4) is 0 Å². The summed E-state index contributed by atoms with van der Waals surface area (Å²) in [7, 11) is 1.93. The summed E-state index contributed by atoms with van der Waals surface area (Å²) in [4.78, 5) is 15.4. The number of hydrogen-bond donors (Lipinski definition) is 1. The van der Waals surface area contributed by atoms with Gasteiger partial charge in [0.05, 0.1) is 10.4 Å². The largest absolute Gasteiger partial charge is 0.351 e. The van der Waals surface area contributed by atoms with E-state index in [1.54, 1.807) is 0 Å². The highest BCUT2D eigenvalue weighted by Gasteiger charge is 2.18. The van der Waals surface area contributed by atoms with Crippen LogP contribution < -0.4 is 5.32 Å². The van der Waals surface area contributed by atoms with Crippen LogP contribution in [0.3, 0.4) is 0 Å². The molecule has 1 heterocycles. The zero-order valence-electron chi connectivity index (χ0n) is 12.5. The lowest BCUT2D eigenvalue weighted by atomic mass is 10.2. The third-order valence-corrected chi connectivity index (χ3v) is 4.92. The van der Waals surface area contributed by atoms with Crippen molar-refractivity contribution in [1.29, 1.82) is 0 Å². The van der Waals surface area contributed by atoms with Crippen molar-refractivity contribution in [3.63, 3.8) is 0 Å². The molecule has 2 rings (SSSR count). The van der Waals surface area contributed by atoms with E-state index in [1.807, 2.05) is 55.3 Å². The van der Waals surface area contributed by atoms with Crippen LogP contribution in [0.5, 0.6) is 0 Å². The average Bonchev–Trinajstić information content (AvgIpc) is 2.90. The number of hydrogen-bond acceptors (Lipinski definition) is 3. The lowest BCUT2D eigenvalue weighted by molar-refractivity contribution is -0.125. The fraction of sp³-hybridized carbons (Fsp3) is 0.312.